The maximum Gasteiger partial charge on any atom is 0.352 e. The van der Waals surface area contributed by atoms with Gasteiger partial charge in [-0.25, -0.2) is 21.5 Å². The van der Waals surface area contributed by atoms with Crippen molar-refractivity contribution in [2.24, 2.45) is 11.7 Å². The average Bonchev–Trinajstić information content (AvgIpc) is 3.67. The van der Waals surface area contributed by atoms with Gasteiger partial charge in [0.2, 0.25) is 0 Å². The van der Waals surface area contributed by atoms with Gasteiger partial charge in [-0.3, -0.25) is 15.2 Å². The third-order valence-corrected chi connectivity index (χ3v) is 6.19. The zero-order valence-corrected chi connectivity index (χ0v) is 21.1. The number of hydrogen-bond acceptors (Lipinski definition) is 7. The van der Waals surface area contributed by atoms with Gasteiger partial charge in [0, 0.05) is 30.8 Å². The van der Waals surface area contributed by atoms with E-state index < -0.39 is 11.3 Å². The molecule has 186 valence electrons. The minimum Gasteiger partial charge on any atom is -0.489 e. The van der Waals surface area contributed by atoms with Crippen LogP contribution in [-0.4, -0.2) is 36.1 Å². The monoisotopic (exact) mass is 498 g/mol. The van der Waals surface area contributed by atoms with Crippen LogP contribution in [-0.2, 0) is 11.4 Å². The number of hydrazine groups is 2. The molecule has 2 aromatic carbocycles. The fraction of sp³-hybridized carbons (Fsp3) is 0.320. The van der Waals surface area contributed by atoms with Gasteiger partial charge in [0.1, 0.15) is 12.4 Å². The van der Waals surface area contributed by atoms with Crippen LogP contribution in [0.5, 0.6) is 5.75 Å². The molecule has 35 heavy (non-hydrogen) atoms. The van der Waals surface area contributed by atoms with Crippen LogP contribution in [0.25, 0.3) is 0 Å². The summed E-state index contributed by atoms with van der Waals surface area (Å²) in [6.45, 7) is 3.76. The van der Waals surface area contributed by atoms with Crippen molar-refractivity contribution in [3.63, 3.8) is 0 Å². The van der Waals surface area contributed by atoms with E-state index in [4.69, 9.17) is 33.4 Å². The zero-order valence-electron chi connectivity index (χ0n) is 20.3. The van der Waals surface area contributed by atoms with Crippen molar-refractivity contribution in [3.05, 3.63) is 69.9 Å². The molecule has 1 aliphatic rings. The molecule has 1 aliphatic carbocycles. The lowest BCUT2D eigenvalue weighted by Crippen LogP contribution is -2.49. The molecule has 9 nitrogen and oxygen atoms in total. The summed E-state index contributed by atoms with van der Waals surface area (Å²) in [5.74, 6) is 12.8. The molecule has 6 N–H and O–H groups in total. The lowest BCUT2D eigenvalue weighted by molar-refractivity contribution is -0.108. The molecule has 0 unspecified atom stereocenters. The second-order valence-electron chi connectivity index (χ2n) is 8.55. The summed E-state index contributed by atoms with van der Waals surface area (Å²) in [5, 5.41) is 12.6. The summed E-state index contributed by atoms with van der Waals surface area (Å²) in [7, 11) is 3.02. The van der Waals surface area contributed by atoms with Crippen LogP contribution < -0.4 is 26.7 Å². The minimum absolute atomic E-state index is 0.183. The first-order valence-electron chi connectivity index (χ1n) is 11.2. The van der Waals surface area contributed by atoms with E-state index in [2.05, 4.69) is 5.32 Å². The number of rotatable bonds is 9. The number of nitrogens with two attached hydrogens (primary N) is 2. The first-order chi connectivity index (χ1) is 16.6. The highest BCUT2D eigenvalue weighted by molar-refractivity contribution is 6.67. The molecular weight excluding hydrogens is 468 g/mol. The summed E-state index contributed by atoms with van der Waals surface area (Å²) in [6.07, 6.45) is 2.15. The van der Waals surface area contributed by atoms with Gasteiger partial charge in [0.05, 0.1) is 17.1 Å². The van der Waals surface area contributed by atoms with Gasteiger partial charge in [-0.1, -0.05) is 12.1 Å². The molecule has 0 aliphatic heterocycles. The van der Waals surface area contributed by atoms with Crippen LogP contribution in [0.4, 0.5) is 10.5 Å². The fourth-order valence-electron chi connectivity index (χ4n) is 3.92. The zero-order chi connectivity index (χ0) is 25.9. The van der Waals surface area contributed by atoms with Gasteiger partial charge in [-0.05, 0) is 79.6 Å². The van der Waals surface area contributed by atoms with Crippen molar-refractivity contribution >= 4 is 34.3 Å². The van der Waals surface area contributed by atoms with Crippen molar-refractivity contribution in [3.8, 4) is 5.75 Å². The van der Waals surface area contributed by atoms with Crippen LogP contribution >= 0.6 is 11.6 Å². The number of carbonyl (C=O) groups is 2. The normalized spacial score (nSPS) is 13.6. The number of anilines is 1. The highest BCUT2D eigenvalue weighted by Gasteiger charge is 2.29. The third-order valence-electron chi connectivity index (χ3n) is 6.00. The van der Waals surface area contributed by atoms with Crippen LogP contribution in [0.1, 0.15) is 47.9 Å². The van der Waals surface area contributed by atoms with E-state index in [-0.39, 0.29) is 18.0 Å². The molecule has 0 radical (unpaired) electrons. The summed E-state index contributed by atoms with van der Waals surface area (Å²) in [6, 6.07) is 10.5. The Hall–Kier alpha value is -3.40. The summed E-state index contributed by atoms with van der Waals surface area (Å²) >= 11 is 5.62. The third kappa shape index (κ3) is 5.82. The Morgan fingerprint density at radius 3 is 2.46 bits per heavy atom. The smallest absolute Gasteiger partial charge is 0.352 e. The molecule has 0 spiro atoms. The molecule has 0 atom stereocenters. The SMILES string of the molecule is CN/C(C(=O)Cl)=C(/C)C(=N)c1ccc(OCc2c(C3CC3)cccc2N(N)C(=O)N(C)N)c(C)c1. The van der Waals surface area contributed by atoms with E-state index in [0.717, 1.165) is 39.5 Å². The molecule has 0 heterocycles. The number of aryl methyl sites for hydroxylation is 1. The standard InChI is InChI=1S/C25H31ClN6O3/c1-14-12-17(22(27)15(2)23(30-3)24(26)33)10-11-21(14)35-13-19-18(16-8-9-16)6-5-7-20(19)32(29)25(34)31(4)28/h5-7,10-12,16,27,30H,8-9,13,28-29H2,1-4H3/b23-15-,27-22?. The number of likely N-dealkylation sites (N-methyl/N-ethyl adjacent to an activating group) is 1. The molecular formula is C25H31ClN6O3. The Labute approximate surface area is 210 Å². The number of hydrogen-bond donors (Lipinski definition) is 4. The van der Waals surface area contributed by atoms with E-state index in [1.54, 1.807) is 32.2 Å². The molecule has 10 heteroatoms. The minimum atomic E-state index is -0.648. The van der Waals surface area contributed by atoms with Gasteiger partial charge >= 0.3 is 6.03 Å². The topological polar surface area (TPSA) is 138 Å². The van der Waals surface area contributed by atoms with Crippen molar-refractivity contribution in [1.29, 1.82) is 5.41 Å². The second kappa shape index (κ2) is 10.9. The number of allylic oxidation sites excluding steroid dienone is 2. The number of ether oxygens (including phenoxy) is 1. The predicted octanol–water partition coefficient (Wildman–Crippen LogP) is 3.68. The molecule has 3 rings (SSSR count). The Morgan fingerprint density at radius 1 is 1.23 bits per heavy atom. The number of nitrogens with zero attached hydrogens (tertiary/aromatic N) is 2. The highest BCUT2D eigenvalue weighted by Crippen LogP contribution is 2.44. The van der Waals surface area contributed by atoms with E-state index >= 15 is 0 Å². The number of nitrogens with one attached hydrogen (secondary N) is 2. The Kier molecular flexibility index (Phi) is 8.16. The van der Waals surface area contributed by atoms with Gasteiger partial charge in [-0.2, -0.15) is 0 Å². The van der Waals surface area contributed by atoms with Crippen LogP contribution in [0.2, 0.25) is 0 Å². The largest absolute Gasteiger partial charge is 0.489 e. The van der Waals surface area contributed by atoms with E-state index in [9.17, 15) is 9.59 Å². The van der Waals surface area contributed by atoms with Crippen molar-refractivity contribution in [1.82, 2.24) is 10.3 Å². The lowest BCUT2D eigenvalue weighted by Gasteiger charge is -2.25. The number of urea groups is 1. The van der Waals surface area contributed by atoms with Crippen LogP contribution in [0, 0.1) is 12.3 Å². The average molecular weight is 499 g/mol. The quantitative estimate of drug-likeness (QED) is 0.104. The van der Waals surface area contributed by atoms with Gasteiger partial charge in [0.15, 0.2) is 0 Å². The Bertz CT molecular complexity index is 1190. The molecule has 2 aromatic rings. The van der Waals surface area contributed by atoms with Gasteiger partial charge < -0.3 is 10.1 Å². The lowest BCUT2D eigenvalue weighted by atomic mass is 9.99. The predicted molar refractivity (Wildman–Crippen MR) is 137 cm³/mol. The van der Waals surface area contributed by atoms with Crippen molar-refractivity contribution in [2.75, 3.05) is 19.1 Å². The maximum absolute atomic E-state index is 12.4. The van der Waals surface area contributed by atoms with Crippen molar-refractivity contribution < 1.29 is 14.3 Å². The summed E-state index contributed by atoms with van der Waals surface area (Å²) < 4.78 is 6.17. The van der Waals surface area contributed by atoms with E-state index in [0.29, 0.717) is 28.5 Å². The number of amides is 2. The maximum atomic E-state index is 12.4. The second-order valence-corrected chi connectivity index (χ2v) is 8.89. The molecule has 1 saturated carbocycles. The number of carbonyl (C=O) groups excluding carboxylic acids is 2. The summed E-state index contributed by atoms with van der Waals surface area (Å²) in [5.41, 5.74) is 4.73. The molecule has 0 aromatic heterocycles. The van der Waals surface area contributed by atoms with Gasteiger partial charge in [-0.15, -0.1) is 0 Å². The number of halogens is 1. The molecule has 1 fully saturated rings. The van der Waals surface area contributed by atoms with E-state index in [1.807, 2.05) is 25.1 Å². The molecule has 0 saturated heterocycles. The fourth-order valence-corrected chi connectivity index (χ4v) is 4.15. The number of benzene rings is 2. The van der Waals surface area contributed by atoms with Crippen LogP contribution in [0.3, 0.4) is 0 Å². The molecule has 2 amide bonds. The first kappa shape index (κ1) is 26.2. The van der Waals surface area contributed by atoms with Gasteiger partial charge in [0.25, 0.3) is 5.24 Å². The van der Waals surface area contributed by atoms with E-state index in [1.165, 1.54) is 7.05 Å². The summed E-state index contributed by atoms with van der Waals surface area (Å²) in [4.78, 5) is 24.0. The Morgan fingerprint density at radius 2 is 1.91 bits per heavy atom. The molecule has 0 bridgehead atoms. The highest BCUT2D eigenvalue weighted by atomic mass is 35.5. The van der Waals surface area contributed by atoms with Crippen molar-refractivity contribution in [2.45, 2.75) is 39.2 Å². The Balaban J connectivity index is 1.87. The first-order valence-corrected chi connectivity index (χ1v) is 11.5. The van der Waals surface area contributed by atoms with Crippen LogP contribution in [0.15, 0.2) is 47.7 Å².